The summed E-state index contributed by atoms with van der Waals surface area (Å²) in [6.07, 6.45) is 0.558. The topological polar surface area (TPSA) is 159 Å². The molecule has 1 atom stereocenters. The number of ether oxygens (including phenoxy) is 1. The molecule has 0 rings (SSSR count). The molecule has 0 radical (unpaired) electrons. The van der Waals surface area contributed by atoms with Crippen LogP contribution in [0.25, 0.3) is 10.4 Å². The molecule has 1 unspecified atom stereocenters. The Kier molecular flexibility index (Phi) is 11.9. The maximum Gasteiger partial charge on any atom is 0.308 e. The van der Waals surface area contributed by atoms with Gasteiger partial charge in [0.1, 0.15) is 11.6 Å². The van der Waals surface area contributed by atoms with Crippen molar-refractivity contribution in [3.05, 3.63) is 10.4 Å². The van der Waals surface area contributed by atoms with Crippen LogP contribution in [0, 0.1) is 0 Å². The molecular weight excluding hydrogens is 376 g/mol. The van der Waals surface area contributed by atoms with Crippen LogP contribution in [0.4, 0.5) is 0 Å². The van der Waals surface area contributed by atoms with Gasteiger partial charge in [-0.1, -0.05) is 16.9 Å². The number of hydrogen-bond acceptors (Lipinski definition) is 7. The molecule has 0 heterocycles. The normalized spacial score (nSPS) is 11.8. The lowest BCUT2D eigenvalue weighted by Gasteiger charge is -2.22. The van der Waals surface area contributed by atoms with Crippen molar-refractivity contribution in [2.75, 3.05) is 12.3 Å². The molecule has 0 bridgehead atoms. The fourth-order valence-electron chi connectivity index (χ4n) is 1.86. The summed E-state index contributed by atoms with van der Waals surface area (Å²) in [6.45, 7) is 5.33. The van der Waals surface area contributed by atoms with Crippen molar-refractivity contribution < 1.29 is 29.0 Å². The van der Waals surface area contributed by atoms with Crippen molar-refractivity contribution in [1.29, 1.82) is 0 Å². The Balaban J connectivity index is 4.72. The number of nitrogens with zero attached hydrogens (tertiary/aromatic N) is 3. The van der Waals surface area contributed by atoms with Gasteiger partial charge in [-0.2, -0.15) is 0 Å². The fraction of sp³-hybridized carbons (Fsp3) is 0.750. The second-order valence-electron chi connectivity index (χ2n) is 6.63. The highest BCUT2D eigenvalue weighted by molar-refractivity contribution is 8.13. The molecule has 0 aromatic rings. The van der Waals surface area contributed by atoms with E-state index in [9.17, 15) is 19.2 Å². The van der Waals surface area contributed by atoms with E-state index in [1.54, 1.807) is 20.8 Å². The van der Waals surface area contributed by atoms with Crippen molar-refractivity contribution in [2.24, 2.45) is 5.11 Å². The molecule has 27 heavy (non-hydrogen) atoms. The summed E-state index contributed by atoms with van der Waals surface area (Å²) in [5, 5.41) is 14.0. The summed E-state index contributed by atoms with van der Waals surface area (Å²) < 4.78 is 5.18. The molecule has 0 aliphatic rings. The summed E-state index contributed by atoms with van der Waals surface area (Å²) in [7, 11) is 0. The smallest absolute Gasteiger partial charge is 0.308 e. The predicted molar refractivity (Wildman–Crippen MR) is 100.0 cm³/mol. The minimum absolute atomic E-state index is 0.0427. The summed E-state index contributed by atoms with van der Waals surface area (Å²) >= 11 is 0.752. The number of aliphatic carboxylic acids is 1. The Morgan fingerprint density at radius 2 is 1.89 bits per heavy atom. The molecule has 0 aromatic carbocycles. The minimum Gasteiger partial charge on any atom is -0.481 e. The number of azide groups is 1. The molecule has 1 amide bonds. The molecular formula is C16H26N4O6S. The Morgan fingerprint density at radius 1 is 1.22 bits per heavy atom. The van der Waals surface area contributed by atoms with Crippen molar-refractivity contribution in [3.8, 4) is 0 Å². The standard InChI is InChI=1S/C16H26N4O6S/c1-16(2,3)26-14(24)10-11(15(25)27-9-7-13(22)23)19-12(21)6-4-5-8-18-20-17/h11H,4-10H2,1-3H3,(H,19,21)(H,22,23). The molecule has 0 aromatic heterocycles. The molecule has 2 N–H and O–H groups in total. The molecule has 0 spiro atoms. The van der Waals surface area contributed by atoms with Gasteiger partial charge in [-0.05, 0) is 39.1 Å². The average Bonchev–Trinajstić information content (AvgIpc) is 2.51. The van der Waals surface area contributed by atoms with Gasteiger partial charge in [-0.15, -0.1) is 0 Å². The first-order valence-corrected chi connectivity index (χ1v) is 9.44. The van der Waals surface area contributed by atoms with Crippen LogP contribution in [-0.2, 0) is 23.9 Å². The zero-order chi connectivity index (χ0) is 20.9. The lowest BCUT2D eigenvalue weighted by atomic mass is 10.1. The van der Waals surface area contributed by atoms with Crippen molar-refractivity contribution in [1.82, 2.24) is 5.32 Å². The fourth-order valence-corrected chi connectivity index (χ4v) is 2.68. The number of carbonyl (C=O) groups excluding carboxylic acids is 3. The highest BCUT2D eigenvalue weighted by Crippen LogP contribution is 2.14. The monoisotopic (exact) mass is 402 g/mol. The van der Waals surface area contributed by atoms with Crippen molar-refractivity contribution in [2.45, 2.75) is 64.5 Å². The Hall–Kier alpha value is -2.26. The van der Waals surface area contributed by atoms with Crippen molar-refractivity contribution >= 4 is 34.7 Å². The third-order valence-electron chi connectivity index (χ3n) is 2.95. The number of nitrogens with one attached hydrogen (secondary N) is 1. The number of thioether (sulfide) groups is 1. The largest absolute Gasteiger partial charge is 0.481 e. The Morgan fingerprint density at radius 3 is 2.44 bits per heavy atom. The predicted octanol–water partition coefficient (Wildman–Crippen LogP) is 2.42. The van der Waals surface area contributed by atoms with E-state index in [0.717, 1.165) is 11.8 Å². The van der Waals surface area contributed by atoms with Gasteiger partial charge in [0.25, 0.3) is 0 Å². The number of hydrogen-bond donors (Lipinski definition) is 2. The van der Waals surface area contributed by atoms with E-state index < -0.39 is 34.6 Å². The molecule has 0 aliphatic carbocycles. The van der Waals surface area contributed by atoms with Gasteiger partial charge in [-0.25, -0.2) is 0 Å². The van der Waals surface area contributed by atoms with E-state index >= 15 is 0 Å². The highest BCUT2D eigenvalue weighted by Gasteiger charge is 2.27. The first-order valence-electron chi connectivity index (χ1n) is 8.45. The van der Waals surface area contributed by atoms with Crippen LogP contribution in [0.2, 0.25) is 0 Å². The summed E-state index contributed by atoms with van der Waals surface area (Å²) in [4.78, 5) is 49.4. The maximum atomic E-state index is 12.3. The molecule has 152 valence electrons. The van der Waals surface area contributed by atoms with Gasteiger partial charge >= 0.3 is 11.9 Å². The van der Waals surface area contributed by atoms with E-state index in [-0.39, 0.29) is 31.6 Å². The molecule has 0 saturated carbocycles. The van der Waals surface area contributed by atoms with Gasteiger partial charge in [0, 0.05) is 23.6 Å². The summed E-state index contributed by atoms with van der Waals surface area (Å²) in [5.74, 6) is -2.05. The number of esters is 1. The Bertz CT molecular complexity index is 584. The highest BCUT2D eigenvalue weighted by atomic mass is 32.2. The SMILES string of the molecule is CC(C)(C)OC(=O)CC(NC(=O)CCCCN=[N+]=[N-])C(=O)SCCC(=O)O. The minimum atomic E-state index is -1.09. The van der Waals surface area contributed by atoms with Gasteiger partial charge in [0.15, 0.2) is 0 Å². The number of carboxylic acid groups (broad SMARTS) is 1. The van der Waals surface area contributed by atoms with Crippen LogP contribution in [0.15, 0.2) is 5.11 Å². The molecule has 0 saturated heterocycles. The number of carboxylic acids is 1. The van der Waals surface area contributed by atoms with Gasteiger partial charge < -0.3 is 15.2 Å². The second-order valence-corrected chi connectivity index (χ2v) is 7.73. The van der Waals surface area contributed by atoms with Crippen LogP contribution in [0.5, 0.6) is 0 Å². The maximum absolute atomic E-state index is 12.3. The van der Waals surface area contributed by atoms with Crippen molar-refractivity contribution in [3.63, 3.8) is 0 Å². The lowest BCUT2D eigenvalue weighted by molar-refractivity contribution is -0.156. The van der Waals surface area contributed by atoms with Crippen LogP contribution >= 0.6 is 11.8 Å². The average molecular weight is 402 g/mol. The second kappa shape index (κ2) is 13.0. The molecule has 0 fully saturated rings. The van der Waals surface area contributed by atoms with E-state index in [2.05, 4.69) is 15.3 Å². The third-order valence-corrected chi connectivity index (χ3v) is 3.92. The first kappa shape index (κ1) is 24.7. The quantitative estimate of drug-likeness (QED) is 0.167. The van der Waals surface area contributed by atoms with Gasteiger partial charge in [0.2, 0.25) is 11.0 Å². The van der Waals surface area contributed by atoms with E-state index in [1.165, 1.54) is 0 Å². The van der Waals surface area contributed by atoms with E-state index in [4.69, 9.17) is 15.4 Å². The number of carbonyl (C=O) groups is 4. The van der Waals surface area contributed by atoms with E-state index in [0.29, 0.717) is 12.8 Å². The zero-order valence-electron chi connectivity index (χ0n) is 15.8. The first-order chi connectivity index (χ1) is 12.5. The molecule has 11 heteroatoms. The van der Waals surface area contributed by atoms with Crippen LogP contribution in [0.1, 0.15) is 52.9 Å². The molecule has 0 aliphatic heterocycles. The lowest BCUT2D eigenvalue weighted by Crippen LogP contribution is -2.42. The third kappa shape index (κ3) is 14.6. The summed E-state index contributed by atoms with van der Waals surface area (Å²) in [5.41, 5.74) is 7.45. The summed E-state index contributed by atoms with van der Waals surface area (Å²) in [6, 6.07) is -1.09. The van der Waals surface area contributed by atoms with Gasteiger partial charge in [-0.3, -0.25) is 19.2 Å². The number of unbranched alkanes of at least 4 members (excludes halogenated alkanes) is 1. The van der Waals surface area contributed by atoms with Crippen LogP contribution in [-0.4, -0.2) is 52.0 Å². The van der Waals surface area contributed by atoms with Gasteiger partial charge in [0.05, 0.1) is 12.8 Å². The van der Waals surface area contributed by atoms with Crippen LogP contribution in [0.3, 0.4) is 0 Å². The molecule has 10 nitrogen and oxygen atoms in total. The zero-order valence-corrected chi connectivity index (χ0v) is 16.6. The number of rotatable bonds is 12. The van der Waals surface area contributed by atoms with E-state index in [1.807, 2.05) is 0 Å². The number of amides is 1. The Labute approximate surface area is 162 Å². The van der Waals surface area contributed by atoms with Crippen LogP contribution < -0.4 is 5.32 Å².